The Morgan fingerprint density at radius 2 is 1.83 bits per heavy atom. The van der Waals surface area contributed by atoms with Gasteiger partial charge < -0.3 is 20.5 Å². The van der Waals surface area contributed by atoms with Crippen LogP contribution in [0, 0.1) is 0 Å². The van der Waals surface area contributed by atoms with Gasteiger partial charge in [-0.05, 0) is 43.1 Å². The minimum Gasteiger partial charge on any atom is -0.379 e. The summed E-state index contributed by atoms with van der Waals surface area (Å²) in [6, 6.07) is 5.68. The van der Waals surface area contributed by atoms with E-state index in [2.05, 4.69) is 15.3 Å². The predicted octanol–water partition coefficient (Wildman–Crippen LogP) is 1.59. The number of nitrogens with one attached hydrogen (secondary N) is 1. The van der Waals surface area contributed by atoms with E-state index in [0.717, 1.165) is 19.3 Å². The molecule has 1 aromatic rings. The summed E-state index contributed by atoms with van der Waals surface area (Å²) >= 11 is 0. The summed E-state index contributed by atoms with van der Waals surface area (Å²) in [4.78, 5) is 14.7. The molecule has 0 aliphatic carbocycles. The van der Waals surface area contributed by atoms with Gasteiger partial charge in [0, 0.05) is 23.6 Å². The summed E-state index contributed by atoms with van der Waals surface area (Å²) in [5, 5.41) is 6.07. The van der Waals surface area contributed by atoms with E-state index >= 15 is 0 Å². The average molecular weight is 444 g/mol. The lowest BCUT2D eigenvalue weighted by atomic mass is 10.2. The lowest BCUT2D eigenvalue weighted by Crippen LogP contribution is -2.24. The fourth-order valence-corrected chi connectivity index (χ4v) is 3.23. The molecule has 0 fully saturated rings. The van der Waals surface area contributed by atoms with Crippen LogP contribution >= 0.6 is 0 Å². The van der Waals surface area contributed by atoms with E-state index in [1.54, 1.807) is 6.07 Å². The molecule has 0 atom stereocenters. The van der Waals surface area contributed by atoms with E-state index < -0.39 is 10.1 Å². The molecule has 0 bridgehead atoms. The highest BCUT2D eigenvalue weighted by molar-refractivity contribution is 7.86. The highest BCUT2D eigenvalue weighted by Crippen LogP contribution is 2.14. The van der Waals surface area contributed by atoms with Crippen molar-refractivity contribution >= 4 is 16.0 Å². The van der Waals surface area contributed by atoms with Crippen molar-refractivity contribution in [2.24, 2.45) is 10.8 Å². The second-order valence-electron chi connectivity index (χ2n) is 6.09. The van der Waals surface area contributed by atoms with Crippen molar-refractivity contribution in [1.29, 1.82) is 0 Å². The number of hydrogen-bond acceptors (Lipinski definition) is 8. The van der Waals surface area contributed by atoms with Crippen LogP contribution in [0.4, 0.5) is 0 Å². The van der Waals surface area contributed by atoms with Gasteiger partial charge in [-0.1, -0.05) is 17.6 Å². The molecule has 30 heavy (non-hydrogen) atoms. The molecule has 0 unspecified atom stereocenters. The van der Waals surface area contributed by atoms with Crippen molar-refractivity contribution in [3.8, 4) is 0 Å². The number of unbranched alkanes of at least 4 members (excludes halogenated alkanes) is 2. The topological polar surface area (TPSA) is 166 Å². The summed E-state index contributed by atoms with van der Waals surface area (Å²) in [5.41, 5.74) is 13.8. The van der Waals surface area contributed by atoms with Gasteiger partial charge in [0.25, 0.3) is 16.0 Å². The first kappa shape index (κ1) is 25.8. The lowest BCUT2D eigenvalue weighted by molar-refractivity contribution is 0.0396. The molecule has 0 saturated carbocycles. The van der Waals surface area contributed by atoms with Crippen LogP contribution in [-0.4, -0.2) is 67.0 Å². The zero-order valence-electron chi connectivity index (χ0n) is 16.9. The Kier molecular flexibility index (Phi) is 13.4. The first-order valence-corrected chi connectivity index (χ1v) is 11.1. The van der Waals surface area contributed by atoms with Gasteiger partial charge >= 0.3 is 0 Å². The van der Waals surface area contributed by atoms with Gasteiger partial charge in [0.15, 0.2) is 0 Å². The molecule has 0 radical (unpaired) electrons. The Labute approximate surface area is 176 Å². The maximum Gasteiger partial charge on any atom is 0.297 e. The number of ether oxygens (including phenoxy) is 2. The molecule has 1 aromatic carbocycles. The number of benzene rings is 1. The number of carbonyl (C=O) groups is 1. The van der Waals surface area contributed by atoms with E-state index in [-0.39, 0.29) is 55.9 Å². The largest absolute Gasteiger partial charge is 0.379 e. The van der Waals surface area contributed by atoms with Crippen molar-refractivity contribution in [2.45, 2.75) is 24.2 Å². The van der Waals surface area contributed by atoms with Crippen LogP contribution < -0.4 is 11.1 Å². The highest BCUT2D eigenvalue weighted by atomic mass is 32.2. The Morgan fingerprint density at radius 1 is 1.10 bits per heavy atom. The molecule has 1 amide bonds. The Hall–Kier alpha value is -2.21. The first-order valence-electron chi connectivity index (χ1n) is 9.65. The molecule has 0 heterocycles. The number of azide groups is 1. The molecular formula is C18H29N5O6S. The minimum absolute atomic E-state index is 0.0575. The van der Waals surface area contributed by atoms with Gasteiger partial charge in [0.2, 0.25) is 0 Å². The van der Waals surface area contributed by atoms with Crippen LogP contribution in [0.15, 0.2) is 34.3 Å². The van der Waals surface area contributed by atoms with E-state index in [9.17, 15) is 13.2 Å². The third-order valence-electron chi connectivity index (χ3n) is 3.79. The number of hydrogen-bond donors (Lipinski definition) is 2. The van der Waals surface area contributed by atoms with Gasteiger partial charge in [0.1, 0.15) is 0 Å². The monoisotopic (exact) mass is 443 g/mol. The van der Waals surface area contributed by atoms with Crippen LogP contribution in [-0.2, 0) is 23.8 Å². The smallest absolute Gasteiger partial charge is 0.297 e. The van der Waals surface area contributed by atoms with Gasteiger partial charge in [-0.3, -0.25) is 8.98 Å². The zero-order valence-corrected chi connectivity index (χ0v) is 17.7. The number of nitrogens with two attached hydrogens (primary N) is 1. The molecule has 0 aliphatic rings. The van der Waals surface area contributed by atoms with Gasteiger partial charge in [-0.15, -0.1) is 0 Å². The van der Waals surface area contributed by atoms with Crippen LogP contribution in [0.2, 0.25) is 0 Å². The molecule has 11 nitrogen and oxygen atoms in total. The second kappa shape index (κ2) is 15.6. The van der Waals surface area contributed by atoms with Crippen LogP contribution in [0.5, 0.6) is 0 Å². The Morgan fingerprint density at radius 3 is 2.57 bits per heavy atom. The number of amides is 1. The second-order valence-corrected chi connectivity index (χ2v) is 7.70. The van der Waals surface area contributed by atoms with E-state index in [1.807, 2.05) is 0 Å². The molecular weight excluding hydrogens is 414 g/mol. The Bertz CT molecular complexity index is 783. The summed E-state index contributed by atoms with van der Waals surface area (Å²) in [6.07, 6.45) is 2.63. The van der Waals surface area contributed by atoms with Gasteiger partial charge in [-0.25, -0.2) is 0 Å². The minimum atomic E-state index is -4.01. The third-order valence-corrected chi connectivity index (χ3v) is 5.10. The normalized spacial score (nSPS) is 11.1. The molecule has 12 heteroatoms. The van der Waals surface area contributed by atoms with E-state index in [4.69, 9.17) is 24.9 Å². The summed E-state index contributed by atoms with van der Waals surface area (Å²) in [7, 11) is -4.01. The first-order chi connectivity index (χ1) is 14.5. The average Bonchev–Trinajstić information content (AvgIpc) is 2.75. The summed E-state index contributed by atoms with van der Waals surface area (Å²) in [6.45, 7) is 2.07. The molecule has 0 spiro atoms. The fraction of sp³-hybridized carbons (Fsp3) is 0.611. The molecule has 0 aromatic heterocycles. The number of rotatable bonds is 17. The van der Waals surface area contributed by atoms with Crippen molar-refractivity contribution in [3.63, 3.8) is 0 Å². The summed E-state index contributed by atoms with van der Waals surface area (Å²) in [5.74, 6) is -0.344. The molecule has 1 rings (SSSR count). The number of nitrogens with zero attached hydrogens (tertiary/aromatic N) is 3. The SMILES string of the molecule is [N-]=[N+]=NCCOCCOCCOS(=O)(=O)c1cccc(C(=O)NCCCCCN)c1. The van der Waals surface area contributed by atoms with Crippen molar-refractivity contribution in [3.05, 3.63) is 40.3 Å². The Balaban J connectivity index is 2.35. The molecule has 3 N–H and O–H groups in total. The fourth-order valence-electron chi connectivity index (χ4n) is 2.29. The quantitative estimate of drug-likeness (QED) is 0.121. The third kappa shape index (κ3) is 11.1. The van der Waals surface area contributed by atoms with Crippen LogP contribution in [0.1, 0.15) is 29.6 Å². The molecule has 0 aliphatic heterocycles. The standard InChI is InChI=1S/C18H29N5O6S/c19-7-2-1-3-8-21-18(24)16-5-4-6-17(15-16)30(25,26)29-14-13-28-12-11-27-10-9-22-23-20/h4-6,15H,1-3,7-14,19H2,(H,21,24). The highest BCUT2D eigenvalue weighted by Gasteiger charge is 2.17. The maximum absolute atomic E-state index is 12.3. The van der Waals surface area contributed by atoms with Crippen LogP contribution in [0.25, 0.3) is 10.4 Å². The maximum atomic E-state index is 12.3. The van der Waals surface area contributed by atoms with Gasteiger partial charge in [-0.2, -0.15) is 8.42 Å². The number of carbonyl (C=O) groups excluding carboxylic acids is 1. The van der Waals surface area contributed by atoms with Crippen molar-refractivity contribution in [1.82, 2.24) is 5.32 Å². The predicted molar refractivity (Wildman–Crippen MR) is 110 cm³/mol. The van der Waals surface area contributed by atoms with Crippen molar-refractivity contribution < 1.29 is 26.9 Å². The molecule has 168 valence electrons. The van der Waals surface area contributed by atoms with Gasteiger partial charge in [0.05, 0.1) is 37.9 Å². The summed E-state index contributed by atoms with van der Waals surface area (Å²) < 4.78 is 39.9. The van der Waals surface area contributed by atoms with E-state index in [1.165, 1.54) is 18.2 Å². The zero-order chi connectivity index (χ0) is 22.1. The van der Waals surface area contributed by atoms with E-state index in [0.29, 0.717) is 13.1 Å². The molecule has 0 saturated heterocycles. The van der Waals surface area contributed by atoms with Crippen LogP contribution in [0.3, 0.4) is 0 Å². The lowest BCUT2D eigenvalue weighted by Gasteiger charge is -2.09. The van der Waals surface area contributed by atoms with Crippen molar-refractivity contribution in [2.75, 3.05) is 52.7 Å².